The fourth-order valence-electron chi connectivity index (χ4n) is 5.66. The molecule has 0 unspecified atom stereocenters. The van der Waals surface area contributed by atoms with Crippen LogP contribution in [0.5, 0.6) is 0 Å². The summed E-state index contributed by atoms with van der Waals surface area (Å²) in [6.45, 7) is 0.186. The highest BCUT2D eigenvalue weighted by Gasteiger charge is 2.35. The third-order valence-corrected chi connectivity index (χ3v) is 8.07. The van der Waals surface area contributed by atoms with Crippen molar-refractivity contribution in [1.29, 1.82) is 0 Å². The Morgan fingerprint density at radius 3 is 2.28 bits per heavy atom. The lowest BCUT2D eigenvalue weighted by Gasteiger charge is -2.26. The van der Waals surface area contributed by atoms with Gasteiger partial charge in [0.05, 0.1) is 29.8 Å². The zero-order chi connectivity index (χ0) is 30.5. The molecule has 1 aliphatic carbocycles. The number of aliphatic carboxylic acids is 1. The normalized spacial score (nSPS) is 14.8. The topological polar surface area (TPSA) is 136 Å². The van der Waals surface area contributed by atoms with Crippen molar-refractivity contribution in [3.63, 3.8) is 0 Å². The number of nitrogens with one attached hydrogen (secondary N) is 2. The van der Waals surface area contributed by atoms with Crippen LogP contribution in [-0.4, -0.2) is 53.3 Å². The zero-order valence-electron chi connectivity index (χ0n) is 24.0. The molecule has 3 N–H and O–H groups in total. The first-order chi connectivity index (χ1) is 20.7. The molecule has 1 heterocycles. The molecule has 1 saturated carbocycles. The van der Waals surface area contributed by atoms with Crippen LogP contribution in [0.2, 0.25) is 0 Å². The van der Waals surface area contributed by atoms with E-state index in [0.29, 0.717) is 17.2 Å². The summed E-state index contributed by atoms with van der Waals surface area (Å²) in [5.74, 6) is -1.77. The maximum atomic E-state index is 13.8. The molecule has 10 nitrogen and oxygen atoms in total. The average molecular weight is 583 g/mol. The Labute approximate surface area is 249 Å². The molecule has 0 saturated heterocycles. The molecule has 1 aliphatic heterocycles. The number of rotatable bonds is 9. The van der Waals surface area contributed by atoms with Crippen LogP contribution in [0, 0.1) is 0 Å². The summed E-state index contributed by atoms with van der Waals surface area (Å²) in [5, 5.41) is 14.2. The molecule has 0 atom stereocenters. The lowest BCUT2D eigenvalue weighted by atomic mass is 9.84. The lowest BCUT2D eigenvalue weighted by Crippen LogP contribution is -2.35. The highest BCUT2D eigenvalue weighted by Crippen LogP contribution is 2.34. The van der Waals surface area contributed by atoms with Crippen LogP contribution in [-0.2, 0) is 11.3 Å². The summed E-state index contributed by atoms with van der Waals surface area (Å²) in [7, 11) is 1.41. The quantitative estimate of drug-likeness (QED) is 0.289. The van der Waals surface area contributed by atoms with E-state index in [1.165, 1.54) is 31.9 Å². The molecule has 0 spiro atoms. The van der Waals surface area contributed by atoms with E-state index in [9.17, 15) is 24.0 Å². The molecule has 0 bridgehead atoms. The van der Waals surface area contributed by atoms with Crippen LogP contribution in [0.1, 0.15) is 86.6 Å². The first kappa shape index (κ1) is 29.5. The molecule has 222 valence electrons. The molecule has 0 radical (unpaired) electrons. The van der Waals surface area contributed by atoms with Crippen molar-refractivity contribution in [3.05, 3.63) is 94.5 Å². The smallest absolute Gasteiger partial charge is 0.326 e. The number of carboxylic acids is 1. The van der Waals surface area contributed by atoms with Crippen molar-refractivity contribution in [2.75, 3.05) is 23.8 Å². The molecule has 3 aromatic carbocycles. The summed E-state index contributed by atoms with van der Waals surface area (Å²) < 4.78 is 0. The molecule has 0 aromatic heterocycles. The summed E-state index contributed by atoms with van der Waals surface area (Å²) in [5.41, 5.74) is 3.67. The molecule has 10 heteroatoms. The van der Waals surface area contributed by atoms with Crippen LogP contribution >= 0.6 is 0 Å². The number of benzene rings is 3. The van der Waals surface area contributed by atoms with Gasteiger partial charge in [-0.15, -0.1) is 0 Å². The minimum atomic E-state index is -0.996. The van der Waals surface area contributed by atoms with Gasteiger partial charge in [0.25, 0.3) is 17.7 Å². The van der Waals surface area contributed by atoms with E-state index in [1.54, 1.807) is 47.4 Å². The summed E-state index contributed by atoms with van der Waals surface area (Å²) in [6.07, 6.45) is 5.82. The molecule has 5 amide bonds. The summed E-state index contributed by atoms with van der Waals surface area (Å²) in [6, 6.07) is 19.0. The predicted octanol–water partition coefficient (Wildman–Crippen LogP) is 5.40. The van der Waals surface area contributed by atoms with E-state index in [-0.39, 0.29) is 42.2 Å². The SMILES string of the molecule is CN1C(=O)c2cccc(NC(=O)N(Cc3ccc(C(=O)NCCC(=O)O)cc3)c3ccc(C4CCCCC4)cc3)c2C1=O. The number of hydrogen-bond donors (Lipinski definition) is 3. The number of hydrogen-bond acceptors (Lipinski definition) is 5. The Kier molecular flexibility index (Phi) is 8.85. The first-order valence-electron chi connectivity index (χ1n) is 14.5. The van der Waals surface area contributed by atoms with Gasteiger partial charge in [0.1, 0.15) is 0 Å². The minimum Gasteiger partial charge on any atom is -0.481 e. The van der Waals surface area contributed by atoms with Crippen molar-refractivity contribution >= 4 is 41.1 Å². The highest BCUT2D eigenvalue weighted by molar-refractivity contribution is 6.24. The van der Waals surface area contributed by atoms with E-state index < -0.39 is 23.8 Å². The predicted molar refractivity (Wildman–Crippen MR) is 161 cm³/mol. The second-order valence-corrected chi connectivity index (χ2v) is 10.9. The molecular formula is C33H34N4O6. The Balaban J connectivity index is 1.39. The number of carboxylic acid groups (broad SMARTS) is 1. The van der Waals surface area contributed by atoms with E-state index in [0.717, 1.165) is 23.3 Å². The van der Waals surface area contributed by atoms with Crippen molar-refractivity contribution < 1.29 is 29.1 Å². The number of carbonyl (C=O) groups is 5. The standard InChI is InChI=1S/C33H34N4O6/c1-36-31(41)26-8-5-9-27(29(26)32(36)42)35-33(43)37(25-16-14-23(15-17-25)22-6-3-2-4-7-22)20-21-10-12-24(13-11-21)30(40)34-19-18-28(38)39/h5,8-17,22H,2-4,6-7,18-20H2,1H3,(H,34,40)(H,35,43)(H,38,39). The molecule has 43 heavy (non-hydrogen) atoms. The van der Waals surface area contributed by atoms with Gasteiger partial charge >= 0.3 is 12.0 Å². The van der Waals surface area contributed by atoms with Crippen molar-refractivity contribution in [1.82, 2.24) is 10.2 Å². The third kappa shape index (κ3) is 6.58. The lowest BCUT2D eigenvalue weighted by molar-refractivity contribution is -0.136. The summed E-state index contributed by atoms with van der Waals surface area (Å²) in [4.78, 5) is 64.8. The van der Waals surface area contributed by atoms with Crippen LogP contribution < -0.4 is 15.5 Å². The Morgan fingerprint density at radius 2 is 1.60 bits per heavy atom. The fraction of sp³-hybridized carbons (Fsp3) is 0.303. The number of fused-ring (bicyclic) bond motifs is 1. The Hall–Kier alpha value is -4.99. The molecule has 2 aliphatic rings. The number of anilines is 2. The first-order valence-corrected chi connectivity index (χ1v) is 14.5. The van der Waals surface area contributed by atoms with Gasteiger partial charge in [-0.05, 0) is 66.3 Å². The van der Waals surface area contributed by atoms with Crippen molar-refractivity contribution in [3.8, 4) is 0 Å². The minimum absolute atomic E-state index is 0.0216. The van der Waals surface area contributed by atoms with Gasteiger partial charge < -0.3 is 15.7 Å². The van der Waals surface area contributed by atoms with Gasteiger partial charge in [0.15, 0.2) is 0 Å². The van der Waals surface area contributed by atoms with Crippen LogP contribution in [0.25, 0.3) is 0 Å². The van der Waals surface area contributed by atoms with E-state index >= 15 is 0 Å². The highest BCUT2D eigenvalue weighted by atomic mass is 16.4. The zero-order valence-corrected chi connectivity index (χ0v) is 24.0. The second kappa shape index (κ2) is 12.9. The maximum absolute atomic E-state index is 13.8. The van der Waals surface area contributed by atoms with Crippen LogP contribution in [0.4, 0.5) is 16.2 Å². The van der Waals surface area contributed by atoms with Gasteiger partial charge in [-0.2, -0.15) is 0 Å². The van der Waals surface area contributed by atoms with E-state index in [4.69, 9.17) is 5.11 Å². The van der Waals surface area contributed by atoms with Crippen molar-refractivity contribution in [2.24, 2.45) is 0 Å². The Bertz CT molecular complexity index is 1540. The van der Waals surface area contributed by atoms with Gasteiger partial charge in [-0.3, -0.25) is 29.0 Å². The molecule has 5 rings (SSSR count). The largest absolute Gasteiger partial charge is 0.481 e. The van der Waals surface area contributed by atoms with Crippen LogP contribution in [0.15, 0.2) is 66.7 Å². The van der Waals surface area contributed by atoms with E-state index in [1.807, 2.05) is 12.1 Å². The second-order valence-electron chi connectivity index (χ2n) is 10.9. The van der Waals surface area contributed by atoms with Gasteiger partial charge in [0.2, 0.25) is 0 Å². The molecule has 3 aromatic rings. The van der Waals surface area contributed by atoms with Gasteiger partial charge in [-0.1, -0.05) is 49.6 Å². The number of imide groups is 1. The monoisotopic (exact) mass is 582 g/mol. The number of carbonyl (C=O) groups excluding carboxylic acids is 4. The Morgan fingerprint density at radius 1 is 0.907 bits per heavy atom. The van der Waals surface area contributed by atoms with Gasteiger partial charge in [-0.25, -0.2) is 4.79 Å². The maximum Gasteiger partial charge on any atom is 0.326 e. The summed E-state index contributed by atoms with van der Waals surface area (Å²) >= 11 is 0. The molecule has 1 fully saturated rings. The number of amides is 5. The number of nitrogens with zero attached hydrogens (tertiary/aromatic N) is 2. The molecular weight excluding hydrogens is 548 g/mol. The van der Waals surface area contributed by atoms with Gasteiger partial charge in [0, 0.05) is 24.8 Å². The van der Waals surface area contributed by atoms with Crippen LogP contribution in [0.3, 0.4) is 0 Å². The fourth-order valence-corrected chi connectivity index (χ4v) is 5.66. The van der Waals surface area contributed by atoms with Crippen molar-refractivity contribution in [2.45, 2.75) is 51.0 Å². The average Bonchev–Trinajstić information content (AvgIpc) is 3.24. The third-order valence-electron chi connectivity index (χ3n) is 8.07. The number of urea groups is 1. The van der Waals surface area contributed by atoms with E-state index in [2.05, 4.69) is 22.8 Å².